The van der Waals surface area contributed by atoms with Gasteiger partial charge >= 0.3 is 0 Å². The van der Waals surface area contributed by atoms with E-state index in [0.717, 1.165) is 17.9 Å². The maximum absolute atomic E-state index is 5.59. The third-order valence-electron chi connectivity index (χ3n) is 2.55. The molecule has 0 aliphatic carbocycles. The molecule has 82 valence electrons. The molecule has 1 nitrogen and oxygen atoms in total. The maximum atomic E-state index is 5.59. The highest BCUT2D eigenvalue weighted by atomic mass is 16.3. The lowest BCUT2D eigenvalue weighted by Crippen LogP contribution is -1.73. The van der Waals surface area contributed by atoms with Crippen LogP contribution in [0.25, 0.3) is 12.2 Å². The second kappa shape index (κ2) is 4.84. The molecule has 0 radical (unpaired) electrons. The Morgan fingerprint density at radius 1 is 1.00 bits per heavy atom. The molecule has 1 aromatic heterocycles. The van der Waals surface area contributed by atoms with Crippen LogP contribution in [0.4, 0.5) is 0 Å². The fourth-order valence-electron chi connectivity index (χ4n) is 1.53. The van der Waals surface area contributed by atoms with Gasteiger partial charge in [-0.25, -0.2) is 0 Å². The molecule has 0 saturated carbocycles. The molecule has 0 fully saturated rings. The largest absolute Gasteiger partial charge is 0.462 e. The predicted octanol–water partition coefficient (Wildman–Crippen LogP) is 4.32. The summed E-state index contributed by atoms with van der Waals surface area (Å²) in [5.41, 5.74) is 2.48. The number of rotatable bonds is 3. The summed E-state index contributed by atoms with van der Waals surface area (Å²) in [5, 5.41) is 0. The van der Waals surface area contributed by atoms with E-state index in [1.807, 2.05) is 18.2 Å². The van der Waals surface area contributed by atoms with Gasteiger partial charge in [0.1, 0.15) is 11.5 Å². The molecule has 1 aromatic carbocycles. The van der Waals surface area contributed by atoms with Crippen LogP contribution in [0.5, 0.6) is 0 Å². The zero-order chi connectivity index (χ0) is 11.4. The van der Waals surface area contributed by atoms with Gasteiger partial charge in [-0.2, -0.15) is 0 Å². The van der Waals surface area contributed by atoms with Crippen LogP contribution in [0.15, 0.2) is 40.8 Å². The number of benzene rings is 1. The van der Waals surface area contributed by atoms with Crippen LogP contribution < -0.4 is 0 Å². The van der Waals surface area contributed by atoms with Crippen molar-refractivity contribution in [2.45, 2.75) is 20.3 Å². The van der Waals surface area contributed by atoms with Crippen LogP contribution in [-0.2, 0) is 6.42 Å². The predicted molar refractivity (Wildman–Crippen MR) is 68.2 cm³/mol. The van der Waals surface area contributed by atoms with Crippen molar-refractivity contribution < 1.29 is 4.42 Å². The molecule has 0 atom stereocenters. The van der Waals surface area contributed by atoms with E-state index in [0.29, 0.717) is 0 Å². The molecule has 2 aromatic rings. The highest BCUT2D eigenvalue weighted by Crippen LogP contribution is 2.13. The first kappa shape index (κ1) is 10.7. The molecule has 0 saturated heterocycles. The molecule has 1 heteroatoms. The Morgan fingerprint density at radius 2 is 1.75 bits per heavy atom. The molecular formula is C15H16O. The second-order valence-electron chi connectivity index (χ2n) is 3.90. The van der Waals surface area contributed by atoms with Crippen molar-refractivity contribution in [1.29, 1.82) is 0 Å². The SMILES string of the molecule is CCc1ccc(/C=C/c2ccc(C)cc2)o1. The summed E-state index contributed by atoms with van der Waals surface area (Å²) in [5.74, 6) is 1.95. The van der Waals surface area contributed by atoms with Crippen LogP contribution in [0, 0.1) is 6.92 Å². The van der Waals surface area contributed by atoms with Gasteiger partial charge in [0.05, 0.1) is 0 Å². The lowest BCUT2D eigenvalue weighted by Gasteiger charge is -1.94. The summed E-state index contributed by atoms with van der Waals surface area (Å²) in [6.07, 6.45) is 5.01. The lowest BCUT2D eigenvalue weighted by atomic mass is 10.1. The molecule has 0 unspecified atom stereocenters. The van der Waals surface area contributed by atoms with E-state index in [1.54, 1.807) is 0 Å². The average Bonchev–Trinajstić information content (AvgIpc) is 2.76. The summed E-state index contributed by atoms with van der Waals surface area (Å²) < 4.78 is 5.59. The van der Waals surface area contributed by atoms with Crippen molar-refractivity contribution in [3.05, 3.63) is 59.0 Å². The molecule has 0 amide bonds. The van der Waals surface area contributed by atoms with Crippen molar-refractivity contribution >= 4 is 12.2 Å². The van der Waals surface area contributed by atoms with Gasteiger partial charge in [0, 0.05) is 6.42 Å². The molecule has 2 rings (SSSR count). The standard InChI is InChI=1S/C15H16O/c1-3-14-10-11-15(16-14)9-8-13-6-4-12(2)5-7-13/h4-11H,3H2,1-2H3/b9-8+. The normalized spacial score (nSPS) is 11.1. The first-order chi connectivity index (χ1) is 7.78. The van der Waals surface area contributed by atoms with Crippen molar-refractivity contribution in [2.24, 2.45) is 0 Å². The van der Waals surface area contributed by atoms with Gasteiger partial charge in [-0.3, -0.25) is 0 Å². The molecule has 0 aliphatic rings. The fourth-order valence-corrected chi connectivity index (χ4v) is 1.53. The quantitative estimate of drug-likeness (QED) is 0.738. The molecule has 0 aliphatic heterocycles. The molecule has 0 N–H and O–H groups in total. The Labute approximate surface area is 96.4 Å². The van der Waals surface area contributed by atoms with Gasteiger partial charge in [-0.1, -0.05) is 42.8 Å². The molecular weight excluding hydrogens is 196 g/mol. The van der Waals surface area contributed by atoms with Gasteiger partial charge in [0.25, 0.3) is 0 Å². The van der Waals surface area contributed by atoms with Crippen LogP contribution >= 0.6 is 0 Å². The number of hydrogen-bond acceptors (Lipinski definition) is 1. The van der Waals surface area contributed by atoms with Crippen molar-refractivity contribution in [1.82, 2.24) is 0 Å². The zero-order valence-electron chi connectivity index (χ0n) is 9.73. The number of furan rings is 1. The summed E-state index contributed by atoms with van der Waals surface area (Å²) >= 11 is 0. The van der Waals surface area contributed by atoms with Crippen LogP contribution in [0.3, 0.4) is 0 Å². The van der Waals surface area contributed by atoms with Gasteiger partial charge in [0.15, 0.2) is 0 Å². The van der Waals surface area contributed by atoms with E-state index in [2.05, 4.69) is 44.2 Å². The Hall–Kier alpha value is -1.76. The summed E-state index contributed by atoms with van der Waals surface area (Å²) in [7, 11) is 0. The van der Waals surface area contributed by atoms with Gasteiger partial charge < -0.3 is 4.42 Å². The minimum Gasteiger partial charge on any atom is -0.462 e. The minimum atomic E-state index is 0.914. The highest BCUT2D eigenvalue weighted by molar-refractivity contribution is 5.67. The topological polar surface area (TPSA) is 13.1 Å². The Bertz CT molecular complexity index is 474. The number of hydrogen-bond donors (Lipinski definition) is 0. The first-order valence-electron chi connectivity index (χ1n) is 5.61. The van der Waals surface area contributed by atoms with E-state index < -0.39 is 0 Å². The first-order valence-corrected chi connectivity index (χ1v) is 5.61. The van der Waals surface area contributed by atoms with E-state index in [9.17, 15) is 0 Å². The van der Waals surface area contributed by atoms with Crippen molar-refractivity contribution in [2.75, 3.05) is 0 Å². The molecule has 16 heavy (non-hydrogen) atoms. The van der Waals surface area contributed by atoms with Crippen LogP contribution in [0.1, 0.15) is 29.6 Å². The molecule has 0 bridgehead atoms. The Kier molecular flexibility index (Phi) is 3.25. The Morgan fingerprint density at radius 3 is 2.38 bits per heavy atom. The van der Waals surface area contributed by atoms with Crippen molar-refractivity contribution in [3.8, 4) is 0 Å². The summed E-state index contributed by atoms with van der Waals surface area (Å²) in [6, 6.07) is 12.5. The van der Waals surface area contributed by atoms with E-state index in [1.165, 1.54) is 11.1 Å². The van der Waals surface area contributed by atoms with Crippen molar-refractivity contribution in [3.63, 3.8) is 0 Å². The molecule has 1 heterocycles. The van der Waals surface area contributed by atoms with E-state index in [-0.39, 0.29) is 0 Å². The highest BCUT2D eigenvalue weighted by Gasteiger charge is 1.95. The third-order valence-corrected chi connectivity index (χ3v) is 2.55. The van der Waals surface area contributed by atoms with Crippen LogP contribution in [0.2, 0.25) is 0 Å². The summed E-state index contributed by atoms with van der Waals surface area (Å²) in [4.78, 5) is 0. The van der Waals surface area contributed by atoms with Gasteiger partial charge in [-0.05, 0) is 30.7 Å². The third kappa shape index (κ3) is 2.63. The number of aryl methyl sites for hydroxylation is 2. The van der Waals surface area contributed by atoms with Crippen LogP contribution in [-0.4, -0.2) is 0 Å². The maximum Gasteiger partial charge on any atom is 0.127 e. The second-order valence-corrected chi connectivity index (χ2v) is 3.90. The monoisotopic (exact) mass is 212 g/mol. The average molecular weight is 212 g/mol. The lowest BCUT2D eigenvalue weighted by molar-refractivity contribution is 0.508. The van der Waals surface area contributed by atoms with E-state index >= 15 is 0 Å². The fraction of sp³-hybridized carbons (Fsp3) is 0.200. The molecule has 0 spiro atoms. The van der Waals surface area contributed by atoms with Gasteiger partial charge in [0.2, 0.25) is 0 Å². The summed E-state index contributed by atoms with van der Waals surface area (Å²) in [6.45, 7) is 4.18. The zero-order valence-corrected chi connectivity index (χ0v) is 9.73. The van der Waals surface area contributed by atoms with Gasteiger partial charge in [-0.15, -0.1) is 0 Å². The smallest absolute Gasteiger partial charge is 0.127 e. The minimum absolute atomic E-state index is 0.914. The Balaban J connectivity index is 2.11. The van der Waals surface area contributed by atoms with E-state index in [4.69, 9.17) is 4.42 Å².